The Labute approximate surface area is 223 Å². The first kappa shape index (κ1) is 27.1. The van der Waals surface area contributed by atoms with Crippen LogP contribution in [0.25, 0.3) is 16.9 Å². The number of methoxy groups -OCH3 is 2. The number of ether oxygens (including phenoxy) is 4. The summed E-state index contributed by atoms with van der Waals surface area (Å²) in [6.45, 7) is 7.87. The van der Waals surface area contributed by atoms with Gasteiger partial charge in [0.2, 0.25) is 0 Å². The number of amides is 1. The zero-order chi connectivity index (χ0) is 27.5. The molecule has 1 saturated carbocycles. The number of fused-ring (bicyclic) bond motifs is 1. The molecule has 38 heavy (non-hydrogen) atoms. The maximum absolute atomic E-state index is 12.8. The Hall–Kier alpha value is -3.93. The van der Waals surface area contributed by atoms with E-state index in [1.165, 1.54) is 7.11 Å². The number of aromatic nitrogens is 2. The molecule has 9 heteroatoms. The molecular formula is C29H36N4O5. The first-order valence-electron chi connectivity index (χ1n) is 12.9. The third kappa shape index (κ3) is 5.64. The Bertz CT molecular complexity index is 1350. The van der Waals surface area contributed by atoms with E-state index in [9.17, 15) is 10.1 Å². The number of rotatable bonds is 8. The van der Waals surface area contributed by atoms with Gasteiger partial charge in [0.05, 0.1) is 31.6 Å². The average molecular weight is 521 g/mol. The molecule has 2 unspecified atom stereocenters. The van der Waals surface area contributed by atoms with E-state index in [1.807, 2.05) is 49.4 Å². The van der Waals surface area contributed by atoms with Gasteiger partial charge in [-0.15, -0.1) is 0 Å². The Morgan fingerprint density at radius 3 is 2.63 bits per heavy atom. The Morgan fingerprint density at radius 2 is 2.00 bits per heavy atom. The number of benzene rings is 1. The van der Waals surface area contributed by atoms with Crippen LogP contribution in [0.1, 0.15) is 58.9 Å². The van der Waals surface area contributed by atoms with E-state index in [0.717, 1.165) is 42.6 Å². The number of alkyl carbamates (subject to hydrolysis) is 1. The van der Waals surface area contributed by atoms with Gasteiger partial charge in [0.15, 0.2) is 5.88 Å². The van der Waals surface area contributed by atoms with Crippen LogP contribution < -0.4 is 19.5 Å². The highest BCUT2D eigenvalue weighted by molar-refractivity contribution is 5.72. The summed E-state index contributed by atoms with van der Waals surface area (Å²) in [6.07, 6.45) is 4.80. The summed E-state index contributed by atoms with van der Waals surface area (Å²) in [6, 6.07) is 11.4. The number of pyridine rings is 1. The molecule has 1 aromatic carbocycles. The third-order valence-electron chi connectivity index (χ3n) is 6.95. The molecule has 0 radical (unpaired) electrons. The lowest BCUT2D eigenvalue weighted by molar-refractivity contribution is 0.0412. The molecule has 0 saturated heterocycles. The molecule has 0 aliphatic heterocycles. The SMILES string of the molecule is CCC1CCC(COc2cc(-c3cnc4cccc(OC)n34)cc(OC)c2C#N)(NC(=O)OC(C)(C)C)C1. The van der Waals surface area contributed by atoms with Crippen molar-refractivity contribution in [3.8, 4) is 34.7 Å². The molecule has 2 aromatic heterocycles. The monoisotopic (exact) mass is 520 g/mol. The molecule has 1 fully saturated rings. The second-order valence-corrected chi connectivity index (χ2v) is 10.8. The summed E-state index contributed by atoms with van der Waals surface area (Å²) in [5.74, 6) is 1.85. The first-order valence-corrected chi connectivity index (χ1v) is 12.9. The highest BCUT2D eigenvalue weighted by atomic mass is 16.6. The molecule has 1 N–H and O–H groups in total. The normalized spacial score (nSPS) is 19.1. The van der Waals surface area contributed by atoms with Gasteiger partial charge < -0.3 is 24.3 Å². The molecule has 1 amide bonds. The summed E-state index contributed by atoms with van der Waals surface area (Å²) in [5, 5.41) is 13.1. The van der Waals surface area contributed by atoms with E-state index in [-0.39, 0.29) is 12.2 Å². The van der Waals surface area contributed by atoms with Crippen LogP contribution in [-0.4, -0.2) is 47.4 Å². The molecule has 3 aromatic rings. The molecule has 2 heterocycles. The number of carbonyl (C=O) groups is 1. The average Bonchev–Trinajstić information content (AvgIpc) is 3.50. The predicted molar refractivity (Wildman–Crippen MR) is 144 cm³/mol. The summed E-state index contributed by atoms with van der Waals surface area (Å²) in [4.78, 5) is 17.3. The highest BCUT2D eigenvalue weighted by Gasteiger charge is 2.42. The van der Waals surface area contributed by atoms with Crippen LogP contribution in [0, 0.1) is 17.2 Å². The topological polar surface area (TPSA) is 107 Å². The standard InChI is InChI=1S/C29H36N4O5/c1-7-19-11-12-29(15-19,32-27(34)38-28(2,3)4)18-37-24-14-20(13-23(35-5)21(24)16-30)22-17-31-25-9-8-10-26(36-6)33(22)25/h8-10,13-14,17,19H,7,11-12,15,18H2,1-6H3,(H,32,34). The molecule has 4 rings (SSSR count). The van der Waals surface area contributed by atoms with Crippen molar-refractivity contribution in [2.75, 3.05) is 20.8 Å². The van der Waals surface area contributed by atoms with Gasteiger partial charge in [0.1, 0.15) is 41.0 Å². The summed E-state index contributed by atoms with van der Waals surface area (Å²) in [7, 11) is 3.13. The van der Waals surface area contributed by atoms with Crippen LogP contribution in [0.5, 0.6) is 17.4 Å². The lowest BCUT2D eigenvalue weighted by Crippen LogP contribution is -2.52. The van der Waals surface area contributed by atoms with E-state index < -0.39 is 17.2 Å². The van der Waals surface area contributed by atoms with Gasteiger partial charge in [-0.1, -0.05) is 19.4 Å². The summed E-state index contributed by atoms with van der Waals surface area (Å²) >= 11 is 0. The van der Waals surface area contributed by atoms with Crippen LogP contribution in [0.3, 0.4) is 0 Å². The van der Waals surface area contributed by atoms with Gasteiger partial charge in [-0.25, -0.2) is 9.78 Å². The lowest BCUT2D eigenvalue weighted by atomic mass is 9.96. The Balaban J connectivity index is 1.70. The lowest BCUT2D eigenvalue weighted by Gasteiger charge is -2.32. The van der Waals surface area contributed by atoms with E-state index in [0.29, 0.717) is 23.3 Å². The van der Waals surface area contributed by atoms with Crippen LogP contribution in [0.4, 0.5) is 4.79 Å². The number of nitrogens with zero attached hydrogens (tertiary/aromatic N) is 3. The van der Waals surface area contributed by atoms with Crippen molar-refractivity contribution in [1.82, 2.24) is 14.7 Å². The van der Waals surface area contributed by atoms with Crippen molar-refractivity contribution in [3.63, 3.8) is 0 Å². The van der Waals surface area contributed by atoms with Gasteiger partial charge in [0, 0.05) is 5.56 Å². The predicted octanol–water partition coefficient (Wildman–Crippen LogP) is 5.74. The molecule has 9 nitrogen and oxygen atoms in total. The van der Waals surface area contributed by atoms with Crippen molar-refractivity contribution in [1.29, 1.82) is 5.26 Å². The van der Waals surface area contributed by atoms with E-state index in [4.69, 9.17) is 18.9 Å². The number of imidazole rings is 1. The van der Waals surface area contributed by atoms with Gasteiger partial charge in [0.25, 0.3) is 0 Å². The Kier molecular flexibility index (Phi) is 7.72. The molecule has 1 aliphatic rings. The fourth-order valence-corrected chi connectivity index (χ4v) is 5.09. The minimum atomic E-state index is -0.611. The summed E-state index contributed by atoms with van der Waals surface area (Å²) in [5.41, 5.74) is 1.31. The minimum absolute atomic E-state index is 0.195. The number of carbonyl (C=O) groups excluding carboxylic acids is 1. The fourth-order valence-electron chi connectivity index (χ4n) is 5.09. The van der Waals surface area contributed by atoms with Crippen molar-refractivity contribution in [2.45, 2.75) is 64.5 Å². The van der Waals surface area contributed by atoms with Crippen molar-refractivity contribution in [3.05, 3.63) is 42.1 Å². The molecule has 0 bridgehead atoms. The largest absolute Gasteiger partial charge is 0.495 e. The van der Waals surface area contributed by atoms with Gasteiger partial charge in [-0.3, -0.25) is 4.40 Å². The molecule has 0 spiro atoms. The van der Waals surface area contributed by atoms with Crippen LogP contribution in [-0.2, 0) is 4.74 Å². The maximum atomic E-state index is 12.8. The van der Waals surface area contributed by atoms with Crippen molar-refractivity contribution < 1.29 is 23.7 Å². The second-order valence-electron chi connectivity index (χ2n) is 10.8. The first-order chi connectivity index (χ1) is 18.1. The van der Waals surface area contributed by atoms with E-state index >= 15 is 0 Å². The highest BCUT2D eigenvalue weighted by Crippen LogP contribution is 2.40. The van der Waals surface area contributed by atoms with Gasteiger partial charge >= 0.3 is 6.09 Å². The van der Waals surface area contributed by atoms with Gasteiger partial charge in [-0.2, -0.15) is 5.26 Å². The molecule has 2 atom stereocenters. The maximum Gasteiger partial charge on any atom is 0.408 e. The van der Waals surface area contributed by atoms with E-state index in [2.05, 4.69) is 23.3 Å². The number of nitriles is 1. The minimum Gasteiger partial charge on any atom is -0.495 e. The summed E-state index contributed by atoms with van der Waals surface area (Å²) < 4.78 is 24.9. The second kappa shape index (κ2) is 10.8. The van der Waals surface area contributed by atoms with Crippen LogP contribution >= 0.6 is 0 Å². The number of hydrogen-bond donors (Lipinski definition) is 1. The zero-order valence-electron chi connectivity index (χ0n) is 23.0. The van der Waals surface area contributed by atoms with Crippen molar-refractivity contribution >= 4 is 11.7 Å². The van der Waals surface area contributed by atoms with Gasteiger partial charge in [-0.05, 0) is 70.2 Å². The van der Waals surface area contributed by atoms with E-state index in [1.54, 1.807) is 19.4 Å². The number of nitrogens with one attached hydrogen (secondary N) is 1. The Morgan fingerprint density at radius 1 is 1.24 bits per heavy atom. The van der Waals surface area contributed by atoms with Crippen LogP contribution in [0.15, 0.2) is 36.5 Å². The van der Waals surface area contributed by atoms with Crippen molar-refractivity contribution in [2.24, 2.45) is 5.92 Å². The molecular weight excluding hydrogens is 484 g/mol. The fraction of sp³-hybridized carbons (Fsp3) is 0.483. The number of hydrogen-bond acceptors (Lipinski definition) is 7. The molecule has 202 valence electrons. The van der Waals surface area contributed by atoms with Crippen LogP contribution in [0.2, 0.25) is 0 Å². The quantitative estimate of drug-likeness (QED) is 0.403. The smallest absolute Gasteiger partial charge is 0.408 e. The zero-order valence-corrected chi connectivity index (χ0v) is 23.0. The third-order valence-corrected chi connectivity index (χ3v) is 6.95. The molecule has 1 aliphatic carbocycles.